The fourth-order valence-electron chi connectivity index (χ4n) is 1.61. The second-order valence-electron chi connectivity index (χ2n) is 4.77. The molecule has 0 amide bonds. The zero-order chi connectivity index (χ0) is 16.4. The van der Waals surface area contributed by atoms with Crippen LogP contribution in [0, 0.1) is 11.3 Å². The highest BCUT2D eigenvalue weighted by molar-refractivity contribution is 8.47. The number of nitrogens with zero attached hydrogens (tertiary/aromatic N) is 1. The molecule has 0 spiro atoms. The maximum Gasteiger partial charge on any atom is 0.306 e. The molecule has 0 heterocycles. The van der Waals surface area contributed by atoms with Gasteiger partial charge in [0, 0.05) is 6.42 Å². The molecule has 118 valence electrons. The smallest absolute Gasteiger partial charge is 0.306 e. The first-order valence-electron chi connectivity index (χ1n) is 6.95. The molecule has 0 saturated heterocycles. The average molecular weight is 354 g/mol. The van der Waals surface area contributed by atoms with E-state index in [4.69, 9.17) is 17.0 Å². The first-order valence-corrected chi connectivity index (χ1v) is 9.16. The van der Waals surface area contributed by atoms with Gasteiger partial charge in [0.1, 0.15) is 14.9 Å². The number of thioether (sulfide) groups is 2. The summed E-state index contributed by atoms with van der Waals surface area (Å²) in [6.07, 6.45) is 0.634. The summed E-state index contributed by atoms with van der Waals surface area (Å²) < 4.78 is 5.28. The Morgan fingerprint density at radius 1 is 1.41 bits per heavy atom. The van der Waals surface area contributed by atoms with E-state index in [2.05, 4.69) is 6.07 Å². The summed E-state index contributed by atoms with van der Waals surface area (Å²) >= 11 is 8.12. The number of ether oxygens (including phenoxy) is 1. The molecule has 0 aliphatic carbocycles. The number of rotatable bonds is 7. The zero-order valence-electron chi connectivity index (χ0n) is 12.7. The number of carbonyl (C=O) groups excluding carboxylic acids is 1. The molecule has 0 aromatic heterocycles. The van der Waals surface area contributed by atoms with Crippen molar-refractivity contribution in [3.8, 4) is 6.07 Å². The maximum atomic E-state index is 11.8. The van der Waals surface area contributed by atoms with E-state index in [-0.39, 0.29) is 19.0 Å². The first kappa shape index (κ1) is 19.0. The normalized spacial score (nSPS) is 13.0. The molecule has 0 saturated carbocycles. The van der Waals surface area contributed by atoms with Crippen LogP contribution in [0.1, 0.15) is 32.3 Å². The van der Waals surface area contributed by atoms with Gasteiger partial charge in [0.25, 0.3) is 0 Å². The number of hydrogen-bond donors (Lipinski definition) is 0. The summed E-state index contributed by atoms with van der Waals surface area (Å²) in [7, 11) is 0. The molecule has 1 unspecified atom stereocenters. The third-order valence-corrected chi connectivity index (χ3v) is 5.50. The van der Waals surface area contributed by atoms with E-state index in [9.17, 15) is 10.1 Å². The van der Waals surface area contributed by atoms with Gasteiger partial charge in [-0.05, 0) is 24.7 Å². The molecule has 1 rings (SSSR count). The molecule has 0 radical (unpaired) electrons. The van der Waals surface area contributed by atoms with Crippen LogP contribution in [0.4, 0.5) is 0 Å². The average Bonchev–Trinajstić information content (AvgIpc) is 2.52. The second-order valence-corrected chi connectivity index (χ2v) is 8.75. The van der Waals surface area contributed by atoms with Crippen molar-refractivity contribution in [2.24, 2.45) is 0 Å². The van der Waals surface area contributed by atoms with Gasteiger partial charge in [0.05, 0.1) is 6.07 Å². The van der Waals surface area contributed by atoms with Crippen molar-refractivity contribution in [1.82, 2.24) is 0 Å². The number of carbonyl (C=O) groups is 1. The van der Waals surface area contributed by atoms with Gasteiger partial charge in [-0.25, -0.2) is 0 Å². The number of esters is 1. The Labute approximate surface area is 145 Å². The lowest BCUT2D eigenvalue weighted by Crippen LogP contribution is -2.21. The molecule has 0 aliphatic heterocycles. The second kappa shape index (κ2) is 9.88. The minimum Gasteiger partial charge on any atom is -0.461 e. The predicted octanol–water partition coefficient (Wildman–Crippen LogP) is 4.56. The van der Waals surface area contributed by atoms with E-state index in [0.717, 1.165) is 14.8 Å². The molecule has 22 heavy (non-hydrogen) atoms. The monoisotopic (exact) mass is 353 g/mol. The zero-order valence-corrected chi connectivity index (χ0v) is 15.2. The van der Waals surface area contributed by atoms with Gasteiger partial charge >= 0.3 is 5.97 Å². The Morgan fingerprint density at radius 3 is 2.68 bits per heavy atom. The van der Waals surface area contributed by atoms with Crippen LogP contribution in [-0.4, -0.2) is 20.0 Å². The Hall–Kier alpha value is -1.03. The van der Waals surface area contributed by atoms with Crippen LogP contribution in [0.2, 0.25) is 0 Å². The fourth-order valence-corrected chi connectivity index (χ4v) is 4.51. The standard InChI is InChI=1S/C16H19NO2S3/c1-3-21-15(20)22-16(2,12-17)10-9-14(18)19-11-13-7-5-4-6-8-13/h4-8H,3,9-11H2,1-2H3. The Balaban J connectivity index is 2.40. The fraction of sp³-hybridized carbons (Fsp3) is 0.438. The molecule has 0 N–H and O–H groups in total. The molecule has 1 aromatic carbocycles. The van der Waals surface area contributed by atoms with E-state index in [1.165, 1.54) is 11.8 Å². The summed E-state index contributed by atoms with van der Waals surface area (Å²) in [6, 6.07) is 11.8. The van der Waals surface area contributed by atoms with Crippen LogP contribution >= 0.6 is 35.7 Å². The van der Waals surface area contributed by atoms with Gasteiger partial charge in [-0.3, -0.25) is 4.79 Å². The van der Waals surface area contributed by atoms with Crippen molar-refractivity contribution in [3.63, 3.8) is 0 Å². The van der Waals surface area contributed by atoms with Crippen molar-refractivity contribution in [3.05, 3.63) is 35.9 Å². The number of nitriles is 1. The van der Waals surface area contributed by atoms with Crippen LogP contribution in [0.5, 0.6) is 0 Å². The lowest BCUT2D eigenvalue weighted by Gasteiger charge is -2.20. The van der Waals surface area contributed by atoms with Crippen molar-refractivity contribution < 1.29 is 9.53 Å². The topological polar surface area (TPSA) is 50.1 Å². The highest BCUT2D eigenvalue weighted by Crippen LogP contribution is 2.34. The SMILES string of the molecule is CCSC(=S)SC(C)(C#N)CCC(=O)OCc1ccccc1. The molecule has 1 atom stereocenters. The molecule has 0 fully saturated rings. The molecule has 3 nitrogen and oxygen atoms in total. The third-order valence-electron chi connectivity index (χ3n) is 2.86. The Morgan fingerprint density at radius 2 is 2.09 bits per heavy atom. The summed E-state index contributed by atoms with van der Waals surface area (Å²) in [5.41, 5.74) is 0.953. The first-order chi connectivity index (χ1) is 10.5. The van der Waals surface area contributed by atoms with Gasteiger partial charge in [-0.1, -0.05) is 61.2 Å². The van der Waals surface area contributed by atoms with E-state index >= 15 is 0 Å². The molecule has 0 aliphatic rings. The van der Waals surface area contributed by atoms with E-state index < -0.39 is 4.75 Å². The molecule has 0 bridgehead atoms. The predicted molar refractivity (Wildman–Crippen MR) is 97.8 cm³/mol. The highest BCUT2D eigenvalue weighted by atomic mass is 32.2. The quantitative estimate of drug-likeness (QED) is 0.529. The van der Waals surface area contributed by atoms with E-state index in [1.807, 2.05) is 44.2 Å². The third kappa shape index (κ3) is 7.30. The lowest BCUT2D eigenvalue weighted by molar-refractivity contribution is -0.145. The number of hydrogen-bond acceptors (Lipinski definition) is 6. The molecule has 6 heteroatoms. The van der Waals surface area contributed by atoms with Crippen LogP contribution in [0.3, 0.4) is 0 Å². The Bertz CT molecular complexity index is 542. The minimum atomic E-state index is -0.689. The molecule has 1 aromatic rings. The number of thiocarbonyl (C=S) groups is 1. The van der Waals surface area contributed by atoms with Crippen LogP contribution in [-0.2, 0) is 16.1 Å². The maximum absolute atomic E-state index is 11.8. The van der Waals surface area contributed by atoms with Gasteiger partial charge in [0.15, 0.2) is 0 Å². The summed E-state index contributed by atoms with van der Waals surface area (Å²) in [6.45, 7) is 4.09. The van der Waals surface area contributed by atoms with Gasteiger partial charge in [-0.15, -0.1) is 11.8 Å². The highest BCUT2D eigenvalue weighted by Gasteiger charge is 2.28. The summed E-state index contributed by atoms with van der Waals surface area (Å²) in [4.78, 5) is 11.8. The van der Waals surface area contributed by atoms with Crippen molar-refractivity contribution in [1.29, 1.82) is 5.26 Å². The van der Waals surface area contributed by atoms with E-state index in [0.29, 0.717) is 6.42 Å². The molecular formula is C16H19NO2S3. The van der Waals surface area contributed by atoms with Crippen molar-refractivity contribution in [2.75, 3.05) is 5.75 Å². The summed E-state index contributed by atoms with van der Waals surface area (Å²) in [5.74, 6) is 0.590. The van der Waals surface area contributed by atoms with Crippen LogP contribution in [0.15, 0.2) is 30.3 Å². The minimum absolute atomic E-state index is 0.212. The van der Waals surface area contributed by atoms with Crippen LogP contribution < -0.4 is 0 Å². The molecular weight excluding hydrogens is 334 g/mol. The van der Waals surface area contributed by atoms with E-state index in [1.54, 1.807) is 11.8 Å². The summed E-state index contributed by atoms with van der Waals surface area (Å²) in [5, 5.41) is 9.33. The number of benzene rings is 1. The Kier molecular flexibility index (Phi) is 8.54. The largest absolute Gasteiger partial charge is 0.461 e. The van der Waals surface area contributed by atoms with Gasteiger partial charge < -0.3 is 4.74 Å². The van der Waals surface area contributed by atoms with Crippen molar-refractivity contribution >= 4 is 45.2 Å². The lowest BCUT2D eigenvalue weighted by atomic mass is 10.1. The van der Waals surface area contributed by atoms with Gasteiger partial charge in [-0.2, -0.15) is 5.26 Å². The van der Waals surface area contributed by atoms with Gasteiger partial charge in [0.2, 0.25) is 0 Å². The van der Waals surface area contributed by atoms with Crippen molar-refractivity contribution in [2.45, 2.75) is 38.0 Å². The van der Waals surface area contributed by atoms with Crippen LogP contribution in [0.25, 0.3) is 0 Å².